The van der Waals surface area contributed by atoms with Gasteiger partial charge in [0.1, 0.15) is 0 Å². The molecule has 1 aliphatic heterocycles. The standard InChI is InChI=1S/C10H17N3S/c1-10(6-11)2-3-13(7-10)5-9-4-12-8-14-9/h4,8H,2-3,5-7,11H2,1H3. The predicted octanol–water partition coefficient (Wildman–Crippen LogP) is 1.31. The van der Waals surface area contributed by atoms with Crippen LogP contribution in [0.15, 0.2) is 11.7 Å². The third kappa shape index (κ3) is 2.13. The van der Waals surface area contributed by atoms with E-state index in [4.69, 9.17) is 5.73 Å². The summed E-state index contributed by atoms with van der Waals surface area (Å²) in [6, 6.07) is 0. The van der Waals surface area contributed by atoms with Gasteiger partial charge in [-0.25, -0.2) is 0 Å². The molecule has 2 heterocycles. The number of hydrogen-bond acceptors (Lipinski definition) is 4. The molecule has 0 bridgehead atoms. The number of thiazole rings is 1. The first-order valence-electron chi connectivity index (χ1n) is 5.02. The van der Waals surface area contributed by atoms with E-state index in [1.807, 2.05) is 11.7 Å². The Bertz CT molecular complexity index is 286. The van der Waals surface area contributed by atoms with Gasteiger partial charge in [-0.05, 0) is 24.9 Å². The molecule has 2 rings (SSSR count). The lowest BCUT2D eigenvalue weighted by atomic mass is 9.90. The van der Waals surface area contributed by atoms with Gasteiger partial charge in [0.25, 0.3) is 0 Å². The lowest BCUT2D eigenvalue weighted by Gasteiger charge is -2.22. The number of likely N-dealkylation sites (tertiary alicyclic amines) is 1. The average Bonchev–Trinajstić information content (AvgIpc) is 2.78. The quantitative estimate of drug-likeness (QED) is 0.820. The summed E-state index contributed by atoms with van der Waals surface area (Å²) in [5.74, 6) is 0. The van der Waals surface area contributed by atoms with Gasteiger partial charge in [0.05, 0.1) is 5.51 Å². The Morgan fingerprint density at radius 2 is 2.57 bits per heavy atom. The first kappa shape index (κ1) is 10.1. The summed E-state index contributed by atoms with van der Waals surface area (Å²) in [6.07, 6.45) is 3.19. The van der Waals surface area contributed by atoms with E-state index in [1.165, 1.54) is 17.8 Å². The molecule has 4 heteroatoms. The van der Waals surface area contributed by atoms with Crippen molar-refractivity contribution in [3.63, 3.8) is 0 Å². The van der Waals surface area contributed by atoms with Crippen LogP contribution in [0.2, 0.25) is 0 Å². The van der Waals surface area contributed by atoms with E-state index in [9.17, 15) is 0 Å². The molecule has 0 radical (unpaired) electrons. The second kappa shape index (κ2) is 3.96. The normalized spacial score (nSPS) is 28.4. The van der Waals surface area contributed by atoms with Crippen LogP contribution in [0.3, 0.4) is 0 Å². The van der Waals surface area contributed by atoms with E-state index < -0.39 is 0 Å². The third-order valence-corrected chi connectivity index (χ3v) is 3.76. The van der Waals surface area contributed by atoms with Crippen LogP contribution in [-0.4, -0.2) is 29.5 Å². The minimum atomic E-state index is 0.338. The summed E-state index contributed by atoms with van der Waals surface area (Å²) in [4.78, 5) is 7.91. The Morgan fingerprint density at radius 3 is 3.14 bits per heavy atom. The number of nitrogens with two attached hydrogens (primary N) is 1. The van der Waals surface area contributed by atoms with Gasteiger partial charge in [0.2, 0.25) is 0 Å². The van der Waals surface area contributed by atoms with Crippen molar-refractivity contribution in [2.45, 2.75) is 19.9 Å². The van der Waals surface area contributed by atoms with Crippen molar-refractivity contribution in [1.82, 2.24) is 9.88 Å². The van der Waals surface area contributed by atoms with Crippen molar-refractivity contribution in [3.05, 3.63) is 16.6 Å². The molecule has 0 aromatic carbocycles. The van der Waals surface area contributed by atoms with Gasteiger partial charge in [-0.1, -0.05) is 6.92 Å². The van der Waals surface area contributed by atoms with Crippen LogP contribution in [0.5, 0.6) is 0 Å². The minimum Gasteiger partial charge on any atom is -0.330 e. The highest BCUT2D eigenvalue weighted by molar-refractivity contribution is 7.09. The first-order valence-corrected chi connectivity index (χ1v) is 5.90. The molecule has 0 saturated carbocycles. The van der Waals surface area contributed by atoms with E-state index in [-0.39, 0.29) is 0 Å². The highest BCUT2D eigenvalue weighted by atomic mass is 32.1. The number of rotatable bonds is 3. The average molecular weight is 211 g/mol. The molecule has 1 unspecified atom stereocenters. The third-order valence-electron chi connectivity index (χ3n) is 2.99. The second-order valence-electron chi connectivity index (χ2n) is 4.44. The molecular formula is C10H17N3S. The van der Waals surface area contributed by atoms with Gasteiger partial charge >= 0.3 is 0 Å². The summed E-state index contributed by atoms with van der Waals surface area (Å²) in [5, 5.41) is 0. The minimum absolute atomic E-state index is 0.338. The maximum Gasteiger partial charge on any atom is 0.0794 e. The molecule has 0 spiro atoms. The lowest BCUT2D eigenvalue weighted by molar-refractivity contribution is 0.276. The van der Waals surface area contributed by atoms with Crippen LogP contribution in [-0.2, 0) is 6.54 Å². The maximum absolute atomic E-state index is 5.77. The summed E-state index contributed by atoms with van der Waals surface area (Å²) in [6.45, 7) is 6.42. The van der Waals surface area contributed by atoms with Gasteiger partial charge in [0.15, 0.2) is 0 Å². The van der Waals surface area contributed by atoms with Gasteiger partial charge < -0.3 is 5.73 Å². The largest absolute Gasteiger partial charge is 0.330 e. The topological polar surface area (TPSA) is 42.1 Å². The maximum atomic E-state index is 5.77. The summed E-state index contributed by atoms with van der Waals surface area (Å²) in [5.41, 5.74) is 8.00. The Balaban J connectivity index is 1.90. The summed E-state index contributed by atoms with van der Waals surface area (Å²) < 4.78 is 0. The lowest BCUT2D eigenvalue weighted by Crippen LogP contribution is -2.30. The van der Waals surface area contributed by atoms with Crippen LogP contribution >= 0.6 is 11.3 Å². The second-order valence-corrected chi connectivity index (χ2v) is 5.41. The molecule has 14 heavy (non-hydrogen) atoms. The Morgan fingerprint density at radius 1 is 1.71 bits per heavy atom. The van der Waals surface area contributed by atoms with Crippen molar-refractivity contribution >= 4 is 11.3 Å². The smallest absolute Gasteiger partial charge is 0.0794 e. The summed E-state index contributed by atoms with van der Waals surface area (Å²) >= 11 is 1.73. The van der Waals surface area contributed by atoms with Gasteiger partial charge in [-0.2, -0.15) is 0 Å². The predicted molar refractivity (Wildman–Crippen MR) is 59.2 cm³/mol. The summed E-state index contributed by atoms with van der Waals surface area (Å²) in [7, 11) is 0. The fourth-order valence-corrected chi connectivity index (χ4v) is 2.60. The molecular weight excluding hydrogens is 194 g/mol. The molecule has 78 valence electrons. The van der Waals surface area contributed by atoms with E-state index in [1.54, 1.807) is 11.3 Å². The van der Waals surface area contributed by atoms with Crippen LogP contribution in [0.25, 0.3) is 0 Å². The van der Waals surface area contributed by atoms with Crippen molar-refractivity contribution in [2.24, 2.45) is 11.1 Å². The molecule has 1 aromatic heterocycles. The zero-order valence-corrected chi connectivity index (χ0v) is 9.39. The van der Waals surface area contributed by atoms with E-state index in [0.29, 0.717) is 5.41 Å². The van der Waals surface area contributed by atoms with Gasteiger partial charge in [-0.3, -0.25) is 9.88 Å². The molecule has 1 aliphatic rings. The number of aromatic nitrogens is 1. The van der Waals surface area contributed by atoms with Crippen molar-refractivity contribution < 1.29 is 0 Å². The zero-order chi connectivity index (χ0) is 10.0. The Kier molecular flexibility index (Phi) is 2.85. The molecule has 0 aliphatic carbocycles. The van der Waals surface area contributed by atoms with E-state index >= 15 is 0 Å². The highest BCUT2D eigenvalue weighted by Crippen LogP contribution is 2.29. The fraction of sp³-hybridized carbons (Fsp3) is 0.700. The van der Waals surface area contributed by atoms with Crippen molar-refractivity contribution in [2.75, 3.05) is 19.6 Å². The van der Waals surface area contributed by atoms with Crippen molar-refractivity contribution in [3.8, 4) is 0 Å². The molecule has 1 atom stereocenters. The SMILES string of the molecule is CC1(CN)CCN(Cc2cncs2)C1. The van der Waals surface area contributed by atoms with E-state index in [2.05, 4.69) is 16.8 Å². The molecule has 1 saturated heterocycles. The Labute approximate surface area is 88.9 Å². The molecule has 1 aromatic rings. The monoisotopic (exact) mass is 211 g/mol. The van der Waals surface area contributed by atoms with Crippen LogP contribution < -0.4 is 5.73 Å². The molecule has 2 N–H and O–H groups in total. The molecule has 1 fully saturated rings. The van der Waals surface area contributed by atoms with Crippen LogP contribution in [0, 0.1) is 5.41 Å². The zero-order valence-electron chi connectivity index (χ0n) is 8.57. The Hall–Kier alpha value is -0.450. The fourth-order valence-electron chi connectivity index (χ4n) is 1.97. The molecule has 3 nitrogen and oxygen atoms in total. The van der Waals surface area contributed by atoms with Gasteiger partial charge in [0, 0.05) is 24.2 Å². The number of nitrogens with zero attached hydrogens (tertiary/aromatic N) is 2. The molecule has 0 amide bonds. The number of hydrogen-bond donors (Lipinski definition) is 1. The van der Waals surface area contributed by atoms with Crippen LogP contribution in [0.4, 0.5) is 0 Å². The first-order chi connectivity index (χ1) is 6.72. The highest BCUT2D eigenvalue weighted by Gasteiger charge is 2.32. The van der Waals surface area contributed by atoms with E-state index in [0.717, 1.165) is 19.6 Å². The van der Waals surface area contributed by atoms with Crippen molar-refractivity contribution in [1.29, 1.82) is 0 Å². The van der Waals surface area contributed by atoms with Crippen LogP contribution in [0.1, 0.15) is 18.2 Å². The van der Waals surface area contributed by atoms with Gasteiger partial charge in [-0.15, -0.1) is 11.3 Å².